The zero-order valence-electron chi connectivity index (χ0n) is 15.9. The fourth-order valence-corrected chi connectivity index (χ4v) is 3.48. The number of hydrogen-bond donors (Lipinski definition) is 0. The highest BCUT2D eigenvalue weighted by Crippen LogP contribution is 2.32. The van der Waals surface area contributed by atoms with E-state index in [2.05, 4.69) is 40.3 Å². The predicted octanol–water partition coefficient (Wildman–Crippen LogP) is 4.55. The summed E-state index contributed by atoms with van der Waals surface area (Å²) in [5.41, 5.74) is 4.90. The van der Waals surface area contributed by atoms with Gasteiger partial charge in [-0.1, -0.05) is 18.2 Å². The predicted molar refractivity (Wildman–Crippen MR) is 111 cm³/mol. The van der Waals surface area contributed by atoms with Crippen LogP contribution in [0, 0.1) is 12.9 Å². The molecule has 0 aliphatic rings. The van der Waals surface area contributed by atoms with E-state index in [0.717, 1.165) is 39.1 Å². The van der Waals surface area contributed by atoms with Crippen LogP contribution in [-0.2, 0) is 0 Å². The third-order valence-corrected chi connectivity index (χ3v) is 5.00. The second-order valence-electron chi connectivity index (χ2n) is 6.94. The van der Waals surface area contributed by atoms with Crippen molar-refractivity contribution >= 4 is 28.2 Å². The van der Waals surface area contributed by atoms with E-state index >= 15 is 0 Å². The molecule has 0 spiro atoms. The molecule has 5 aromatic rings. The zero-order chi connectivity index (χ0) is 20.0. The number of pyridine rings is 1. The summed E-state index contributed by atoms with van der Waals surface area (Å²) in [5, 5.41) is 9.15. The lowest BCUT2D eigenvalue weighted by Gasteiger charge is -2.21. The van der Waals surface area contributed by atoms with Gasteiger partial charge in [0.2, 0.25) is 5.95 Å². The quantitative estimate of drug-likeness (QED) is 0.427. The van der Waals surface area contributed by atoms with Gasteiger partial charge in [-0.05, 0) is 54.4 Å². The average Bonchev–Trinajstić information content (AvgIpc) is 3.22. The summed E-state index contributed by atoms with van der Waals surface area (Å²) in [7, 11) is 1.97. The van der Waals surface area contributed by atoms with Crippen molar-refractivity contribution in [1.82, 2.24) is 24.6 Å². The summed E-state index contributed by atoms with van der Waals surface area (Å²) in [6.45, 7) is 2.06. The summed E-state index contributed by atoms with van der Waals surface area (Å²) in [5.74, 6) is 0.841. The topological polar surface area (TPSA) is 59.2 Å². The van der Waals surface area contributed by atoms with Crippen molar-refractivity contribution in [2.45, 2.75) is 6.92 Å². The van der Waals surface area contributed by atoms with Crippen molar-refractivity contribution in [3.8, 4) is 11.1 Å². The van der Waals surface area contributed by atoms with Crippen molar-refractivity contribution in [1.29, 1.82) is 0 Å². The van der Waals surface area contributed by atoms with Gasteiger partial charge in [-0.25, -0.2) is 4.98 Å². The first-order valence-corrected chi connectivity index (χ1v) is 9.16. The zero-order valence-corrected chi connectivity index (χ0v) is 15.9. The van der Waals surface area contributed by atoms with E-state index in [9.17, 15) is 4.39 Å². The molecule has 2 aromatic carbocycles. The Balaban J connectivity index is 1.65. The smallest absolute Gasteiger partial charge is 0.257 e. The minimum atomic E-state index is -0.491. The molecule has 7 heteroatoms. The number of benzene rings is 2. The van der Waals surface area contributed by atoms with Gasteiger partial charge in [0.15, 0.2) is 0 Å². The number of hydrogen-bond acceptors (Lipinski definition) is 5. The van der Waals surface area contributed by atoms with Crippen molar-refractivity contribution in [2.24, 2.45) is 0 Å². The minimum Gasteiger partial charge on any atom is -0.329 e. The van der Waals surface area contributed by atoms with E-state index < -0.39 is 5.95 Å². The van der Waals surface area contributed by atoms with Gasteiger partial charge < -0.3 is 4.90 Å². The third kappa shape index (κ3) is 2.97. The lowest BCUT2D eigenvalue weighted by Crippen LogP contribution is -2.13. The highest BCUT2D eigenvalue weighted by Gasteiger charge is 2.15. The number of nitrogens with zero attached hydrogens (tertiary/aromatic N) is 6. The first kappa shape index (κ1) is 17.2. The Morgan fingerprint density at radius 2 is 1.90 bits per heavy atom. The highest BCUT2D eigenvalue weighted by atomic mass is 19.1. The van der Waals surface area contributed by atoms with Crippen LogP contribution in [-0.4, -0.2) is 31.6 Å². The SMILES string of the molecule is Cc1ccc2c(N(C)c3cccc(-c4ccc(F)nc4)c3)nc3nncn3c2c1. The van der Waals surface area contributed by atoms with Gasteiger partial charge in [-0.2, -0.15) is 9.37 Å². The molecule has 6 nitrogen and oxygen atoms in total. The molecule has 3 heterocycles. The summed E-state index contributed by atoms with van der Waals surface area (Å²) in [6.07, 6.45) is 3.21. The molecular formula is C22H17FN6. The molecule has 0 aliphatic heterocycles. The number of aromatic nitrogens is 5. The molecule has 0 unspecified atom stereocenters. The van der Waals surface area contributed by atoms with Crippen LogP contribution in [0.3, 0.4) is 0 Å². The number of rotatable bonds is 3. The van der Waals surface area contributed by atoms with Gasteiger partial charge >= 0.3 is 0 Å². The number of halogens is 1. The van der Waals surface area contributed by atoms with Crippen LogP contribution in [0.5, 0.6) is 0 Å². The maximum atomic E-state index is 13.2. The summed E-state index contributed by atoms with van der Waals surface area (Å²) >= 11 is 0. The Morgan fingerprint density at radius 3 is 2.72 bits per heavy atom. The van der Waals surface area contributed by atoms with E-state index in [4.69, 9.17) is 4.98 Å². The van der Waals surface area contributed by atoms with Gasteiger partial charge in [0.1, 0.15) is 12.1 Å². The summed E-state index contributed by atoms with van der Waals surface area (Å²) in [4.78, 5) is 10.5. The van der Waals surface area contributed by atoms with Crippen LogP contribution in [0.4, 0.5) is 15.9 Å². The molecular weight excluding hydrogens is 367 g/mol. The van der Waals surface area contributed by atoms with Gasteiger partial charge in [0.05, 0.1) is 5.52 Å². The van der Waals surface area contributed by atoms with Crippen LogP contribution in [0.1, 0.15) is 5.56 Å². The van der Waals surface area contributed by atoms with Crippen molar-refractivity contribution < 1.29 is 4.39 Å². The number of fused-ring (bicyclic) bond motifs is 3. The van der Waals surface area contributed by atoms with Crippen LogP contribution in [0.25, 0.3) is 27.8 Å². The molecule has 0 N–H and O–H groups in total. The Kier molecular flexibility index (Phi) is 3.94. The van der Waals surface area contributed by atoms with E-state index in [-0.39, 0.29) is 0 Å². The number of aryl methyl sites for hydroxylation is 1. The van der Waals surface area contributed by atoms with Gasteiger partial charge in [0, 0.05) is 29.9 Å². The molecule has 0 atom stereocenters. The van der Waals surface area contributed by atoms with E-state index in [1.165, 1.54) is 12.3 Å². The maximum absolute atomic E-state index is 13.2. The third-order valence-electron chi connectivity index (χ3n) is 5.00. The van der Waals surface area contributed by atoms with E-state index in [1.807, 2.05) is 40.6 Å². The molecule has 0 amide bonds. The van der Waals surface area contributed by atoms with E-state index in [1.54, 1.807) is 12.4 Å². The van der Waals surface area contributed by atoms with Crippen molar-refractivity contribution in [3.05, 3.63) is 78.6 Å². The van der Waals surface area contributed by atoms with Gasteiger partial charge in [-0.15, -0.1) is 10.2 Å². The van der Waals surface area contributed by atoms with Crippen LogP contribution >= 0.6 is 0 Å². The molecule has 3 aromatic heterocycles. The molecule has 5 rings (SSSR count). The van der Waals surface area contributed by atoms with Crippen LogP contribution in [0.2, 0.25) is 0 Å². The van der Waals surface area contributed by atoms with Gasteiger partial charge in [0.25, 0.3) is 5.78 Å². The first-order chi connectivity index (χ1) is 14.1. The lowest BCUT2D eigenvalue weighted by molar-refractivity contribution is 0.584. The van der Waals surface area contributed by atoms with E-state index in [0.29, 0.717) is 5.78 Å². The number of anilines is 2. The Hall–Kier alpha value is -3.87. The van der Waals surface area contributed by atoms with Crippen LogP contribution < -0.4 is 4.90 Å². The molecule has 0 radical (unpaired) electrons. The average molecular weight is 384 g/mol. The monoisotopic (exact) mass is 384 g/mol. The lowest BCUT2D eigenvalue weighted by atomic mass is 10.1. The molecule has 0 bridgehead atoms. The summed E-state index contributed by atoms with van der Waals surface area (Å²) < 4.78 is 15.1. The van der Waals surface area contributed by atoms with Crippen LogP contribution in [0.15, 0.2) is 67.1 Å². The Morgan fingerprint density at radius 1 is 1.00 bits per heavy atom. The largest absolute Gasteiger partial charge is 0.329 e. The maximum Gasteiger partial charge on any atom is 0.257 e. The second-order valence-corrected chi connectivity index (χ2v) is 6.94. The molecule has 29 heavy (non-hydrogen) atoms. The first-order valence-electron chi connectivity index (χ1n) is 9.16. The fraction of sp³-hybridized carbons (Fsp3) is 0.0909. The van der Waals surface area contributed by atoms with Gasteiger partial charge in [-0.3, -0.25) is 4.40 Å². The second kappa shape index (κ2) is 6.63. The fourth-order valence-electron chi connectivity index (χ4n) is 3.48. The molecule has 0 fully saturated rings. The molecule has 142 valence electrons. The van der Waals surface area contributed by atoms with Crippen molar-refractivity contribution in [2.75, 3.05) is 11.9 Å². The summed E-state index contributed by atoms with van der Waals surface area (Å²) in [6, 6.07) is 17.3. The normalized spacial score (nSPS) is 11.3. The molecule has 0 aliphatic carbocycles. The molecule has 0 saturated heterocycles. The standard InChI is InChI=1S/C22H17FN6/c1-14-6-8-18-19(10-14)29-13-25-27-22(29)26-21(18)28(2)17-5-3-4-15(11-17)16-7-9-20(23)24-12-16/h3-13H,1-2H3. The molecule has 0 saturated carbocycles. The highest BCUT2D eigenvalue weighted by molar-refractivity contribution is 5.94. The Bertz CT molecular complexity index is 1340. The minimum absolute atomic E-state index is 0.491. The van der Waals surface area contributed by atoms with Crippen molar-refractivity contribution in [3.63, 3.8) is 0 Å². The Labute approximate surface area is 166 Å².